The highest BCUT2D eigenvalue weighted by Crippen LogP contribution is 1.94. The molecule has 0 bridgehead atoms. The molecule has 0 radical (unpaired) electrons. The molecule has 0 spiro atoms. The molecule has 0 fully saturated rings. The summed E-state index contributed by atoms with van der Waals surface area (Å²) in [5.41, 5.74) is 1.23. The minimum atomic E-state index is 0.681. The SMILES string of the molecule is C/C=C\C(=C/C)CNC(N=CCC)=NC. The summed E-state index contributed by atoms with van der Waals surface area (Å²) >= 11 is 0. The molecule has 3 nitrogen and oxygen atoms in total. The van der Waals surface area contributed by atoms with Crippen molar-refractivity contribution in [3.05, 3.63) is 23.8 Å². The van der Waals surface area contributed by atoms with Crippen molar-refractivity contribution in [3.8, 4) is 0 Å². The molecule has 0 unspecified atom stereocenters. The van der Waals surface area contributed by atoms with Crippen molar-refractivity contribution in [1.29, 1.82) is 0 Å². The number of hydrogen-bond acceptors (Lipinski definition) is 1. The first-order chi connectivity index (χ1) is 7.28. The summed E-state index contributed by atoms with van der Waals surface area (Å²) in [5, 5.41) is 3.17. The molecule has 0 aliphatic heterocycles. The van der Waals surface area contributed by atoms with Gasteiger partial charge in [0.05, 0.1) is 0 Å². The van der Waals surface area contributed by atoms with Gasteiger partial charge in [-0.1, -0.05) is 25.2 Å². The standard InChI is InChI=1S/C12H21N3/c1-5-8-11(7-3)10-15-12(13-4)14-9-6-2/h5,7-9H,6,10H2,1-4H3,(H,13,15)/b8-5-,11-7+,14-9?. The maximum absolute atomic E-state index is 4.19. The maximum atomic E-state index is 4.19. The third-order valence-corrected chi connectivity index (χ3v) is 1.81. The molecule has 3 heteroatoms. The van der Waals surface area contributed by atoms with Crippen LogP contribution in [0.5, 0.6) is 0 Å². The smallest absolute Gasteiger partial charge is 0.217 e. The largest absolute Gasteiger partial charge is 0.350 e. The van der Waals surface area contributed by atoms with Crippen molar-refractivity contribution in [2.24, 2.45) is 9.98 Å². The van der Waals surface area contributed by atoms with Gasteiger partial charge in [-0.15, -0.1) is 0 Å². The number of nitrogens with one attached hydrogen (secondary N) is 1. The summed E-state index contributed by atoms with van der Waals surface area (Å²) in [6.45, 7) is 6.84. The van der Waals surface area contributed by atoms with Crippen molar-refractivity contribution in [2.75, 3.05) is 13.6 Å². The topological polar surface area (TPSA) is 36.8 Å². The van der Waals surface area contributed by atoms with Gasteiger partial charge in [0.25, 0.3) is 0 Å². The summed E-state index contributed by atoms with van der Waals surface area (Å²) in [6, 6.07) is 0. The molecule has 15 heavy (non-hydrogen) atoms. The normalized spacial score (nSPS) is 14.1. The highest BCUT2D eigenvalue weighted by atomic mass is 15.1. The summed E-state index contributed by atoms with van der Waals surface area (Å²) in [6.07, 6.45) is 8.94. The average Bonchev–Trinajstić information content (AvgIpc) is 2.27. The van der Waals surface area contributed by atoms with Gasteiger partial charge in [0.2, 0.25) is 5.96 Å². The van der Waals surface area contributed by atoms with Gasteiger partial charge in [0, 0.05) is 19.8 Å². The Bertz CT molecular complexity index is 273. The van der Waals surface area contributed by atoms with E-state index in [0.29, 0.717) is 5.96 Å². The molecule has 0 aliphatic carbocycles. The third-order valence-electron chi connectivity index (χ3n) is 1.81. The lowest BCUT2D eigenvalue weighted by atomic mass is 10.2. The Morgan fingerprint density at radius 3 is 2.53 bits per heavy atom. The number of nitrogens with zero attached hydrogens (tertiary/aromatic N) is 2. The fourth-order valence-corrected chi connectivity index (χ4v) is 1.01. The second kappa shape index (κ2) is 9.19. The predicted molar refractivity (Wildman–Crippen MR) is 68.7 cm³/mol. The second-order valence-corrected chi connectivity index (χ2v) is 2.98. The molecule has 0 atom stereocenters. The van der Waals surface area contributed by atoms with Crippen LogP contribution in [-0.2, 0) is 0 Å². The van der Waals surface area contributed by atoms with Crippen LogP contribution in [0, 0.1) is 0 Å². The van der Waals surface area contributed by atoms with E-state index in [4.69, 9.17) is 0 Å². The Balaban J connectivity index is 4.17. The lowest BCUT2D eigenvalue weighted by Crippen LogP contribution is -2.23. The number of rotatable bonds is 4. The first-order valence-corrected chi connectivity index (χ1v) is 5.29. The van der Waals surface area contributed by atoms with E-state index in [9.17, 15) is 0 Å². The molecule has 0 aromatic heterocycles. The van der Waals surface area contributed by atoms with Crippen LogP contribution in [0.1, 0.15) is 27.2 Å². The summed E-state index contributed by atoms with van der Waals surface area (Å²) in [5.74, 6) is 0.681. The molecule has 84 valence electrons. The lowest BCUT2D eigenvalue weighted by molar-refractivity contribution is 0.982. The van der Waals surface area contributed by atoms with Gasteiger partial charge < -0.3 is 5.32 Å². The molecule has 0 heterocycles. The Labute approximate surface area is 92.7 Å². The van der Waals surface area contributed by atoms with E-state index in [1.807, 2.05) is 33.1 Å². The zero-order valence-electron chi connectivity index (χ0n) is 10.1. The van der Waals surface area contributed by atoms with E-state index in [1.54, 1.807) is 7.05 Å². The highest BCUT2D eigenvalue weighted by molar-refractivity contribution is 5.87. The monoisotopic (exact) mass is 207 g/mol. The van der Waals surface area contributed by atoms with Crippen molar-refractivity contribution < 1.29 is 0 Å². The van der Waals surface area contributed by atoms with E-state index in [-0.39, 0.29) is 0 Å². The van der Waals surface area contributed by atoms with Crippen molar-refractivity contribution in [1.82, 2.24) is 5.32 Å². The first-order valence-electron chi connectivity index (χ1n) is 5.29. The summed E-state index contributed by atoms with van der Waals surface area (Å²) in [4.78, 5) is 8.24. The molecule has 0 aromatic carbocycles. The number of allylic oxidation sites excluding steroid dienone is 2. The van der Waals surface area contributed by atoms with E-state index >= 15 is 0 Å². The summed E-state index contributed by atoms with van der Waals surface area (Å²) in [7, 11) is 1.74. The molecule has 0 saturated heterocycles. The van der Waals surface area contributed by atoms with Crippen LogP contribution in [0.2, 0.25) is 0 Å². The minimum Gasteiger partial charge on any atom is -0.350 e. The molecule has 0 aromatic rings. The second-order valence-electron chi connectivity index (χ2n) is 2.98. The van der Waals surface area contributed by atoms with Crippen molar-refractivity contribution in [2.45, 2.75) is 27.2 Å². The van der Waals surface area contributed by atoms with Gasteiger partial charge >= 0.3 is 0 Å². The van der Waals surface area contributed by atoms with Gasteiger partial charge in [0.15, 0.2) is 0 Å². The first kappa shape index (κ1) is 13.6. The maximum Gasteiger partial charge on any atom is 0.217 e. The van der Waals surface area contributed by atoms with Crippen molar-refractivity contribution in [3.63, 3.8) is 0 Å². The molecule has 0 aliphatic rings. The molecule has 1 N–H and O–H groups in total. The molecular weight excluding hydrogens is 186 g/mol. The van der Waals surface area contributed by atoms with E-state index in [2.05, 4.69) is 27.5 Å². The fraction of sp³-hybridized carbons (Fsp3) is 0.500. The molecule has 0 saturated carbocycles. The van der Waals surface area contributed by atoms with Gasteiger partial charge in [-0.2, -0.15) is 0 Å². The predicted octanol–water partition coefficient (Wildman–Crippen LogP) is 2.57. The number of hydrogen-bond donors (Lipinski definition) is 1. The van der Waals surface area contributed by atoms with Gasteiger partial charge in [-0.05, 0) is 25.8 Å². The average molecular weight is 207 g/mol. The zero-order chi connectivity index (χ0) is 11.5. The number of guanidine groups is 1. The Morgan fingerprint density at radius 2 is 2.07 bits per heavy atom. The summed E-state index contributed by atoms with van der Waals surface area (Å²) < 4.78 is 0. The van der Waals surface area contributed by atoms with Crippen LogP contribution in [0.3, 0.4) is 0 Å². The van der Waals surface area contributed by atoms with E-state index in [1.165, 1.54) is 5.57 Å². The fourth-order valence-electron chi connectivity index (χ4n) is 1.01. The minimum absolute atomic E-state index is 0.681. The van der Waals surface area contributed by atoms with Crippen LogP contribution < -0.4 is 5.32 Å². The van der Waals surface area contributed by atoms with Crippen molar-refractivity contribution >= 4 is 12.2 Å². The van der Waals surface area contributed by atoms with Crippen LogP contribution in [0.25, 0.3) is 0 Å². The van der Waals surface area contributed by atoms with Gasteiger partial charge in [0.1, 0.15) is 0 Å². The van der Waals surface area contributed by atoms with E-state index in [0.717, 1.165) is 13.0 Å². The lowest BCUT2D eigenvalue weighted by Gasteiger charge is -2.05. The van der Waals surface area contributed by atoms with E-state index < -0.39 is 0 Å². The Kier molecular flexibility index (Phi) is 8.34. The zero-order valence-corrected chi connectivity index (χ0v) is 10.1. The number of aliphatic imine (C=N–C) groups is 2. The molecule has 0 rings (SSSR count). The molecular formula is C12H21N3. The third kappa shape index (κ3) is 6.66. The van der Waals surface area contributed by atoms with Gasteiger partial charge in [-0.25, -0.2) is 4.99 Å². The Morgan fingerprint density at radius 1 is 1.33 bits per heavy atom. The Hall–Kier alpha value is -1.38. The van der Waals surface area contributed by atoms with Crippen LogP contribution in [0.4, 0.5) is 0 Å². The quantitative estimate of drug-likeness (QED) is 0.429. The van der Waals surface area contributed by atoms with Crippen LogP contribution >= 0.6 is 0 Å². The highest BCUT2D eigenvalue weighted by Gasteiger charge is 1.94. The van der Waals surface area contributed by atoms with Crippen LogP contribution in [0.15, 0.2) is 33.8 Å². The van der Waals surface area contributed by atoms with Crippen LogP contribution in [-0.4, -0.2) is 25.8 Å². The molecule has 0 amide bonds. The van der Waals surface area contributed by atoms with Gasteiger partial charge in [-0.3, -0.25) is 4.99 Å².